The van der Waals surface area contributed by atoms with E-state index in [4.69, 9.17) is 5.73 Å². The van der Waals surface area contributed by atoms with Gasteiger partial charge in [-0.25, -0.2) is 4.98 Å². The van der Waals surface area contributed by atoms with Crippen LogP contribution in [0.3, 0.4) is 0 Å². The first-order valence-corrected chi connectivity index (χ1v) is 8.19. The van der Waals surface area contributed by atoms with Gasteiger partial charge in [0.25, 0.3) is 5.91 Å². The minimum Gasteiger partial charge on any atom is -0.364 e. The molecule has 0 bridgehead atoms. The molecule has 0 aliphatic carbocycles. The lowest BCUT2D eigenvalue weighted by Gasteiger charge is -2.09. The van der Waals surface area contributed by atoms with Gasteiger partial charge in [-0.3, -0.25) is 14.2 Å². The Morgan fingerprint density at radius 3 is 2.46 bits per heavy atom. The zero-order chi connectivity index (χ0) is 18.3. The van der Waals surface area contributed by atoms with E-state index in [1.165, 1.54) is 0 Å². The standard InChI is InChI=1S/C19H18N6O/c1-24-10-13(8-21-24)5-12-3-4-15-16(14-9-22-25(2)11-14)7-18(19(20)26)23-17(15)6-12/h3-4,6-11H,5H2,1-2H3,(H2,20,26). The number of benzene rings is 1. The zero-order valence-electron chi connectivity index (χ0n) is 14.5. The number of primary amides is 1. The summed E-state index contributed by atoms with van der Waals surface area (Å²) in [5.74, 6) is -0.547. The van der Waals surface area contributed by atoms with E-state index in [0.29, 0.717) is 0 Å². The minimum atomic E-state index is -0.547. The molecule has 2 N–H and O–H groups in total. The van der Waals surface area contributed by atoms with Crippen LogP contribution in [0.2, 0.25) is 0 Å². The normalized spacial score (nSPS) is 11.2. The fraction of sp³-hybridized carbons (Fsp3) is 0.158. The lowest BCUT2D eigenvalue weighted by Crippen LogP contribution is -2.13. The first-order chi connectivity index (χ1) is 12.5. The first kappa shape index (κ1) is 16.0. The fourth-order valence-corrected chi connectivity index (χ4v) is 3.11. The van der Waals surface area contributed by atoms with Crippen LogP contribution in [0.25, 0.3) is 22.0 Å². The maximum absolute atomic E-state index is 11.7. The highest BCUT2D eigenvalue weighted by Gasteiger charge is 2.13. The summed E-state index contributed by atoms with van der Waals surface area (Å²) in [5, 5.41) is 9.38. The van der Waals surface area contributed by atoms with Crippen molar-refractivity contribution in [3.05, 3.63) is 65.9 Å². The second-order valence-corrected chi connectivity index (χ2v) is 6.37. The Morgan fingerprint density at radius 2 is 1.81 bits per heavy atom. The van der Waals surface area contributed by atoms with Crippen LogP contribution in [0.4, 0.5) is 0 Å². The summed E-state index contributed by atoms with van der Waals surface area (Å²) in [6.45, 7) is 0. The van der Waals surface area contributed by atoms with Crippen molar-refractivity contribution in [2.45, 2.75) is 6.42 Å². The molecular formula is C19H18N6O. The second kappa shape index (κ2) is 6.11. The van der Waals surface area contributed by atoms with E-state index in [1.807, 2.05) is 44.8 Å². The topological polar surface area (TPSA) is 91.6 Å². The Hall–Kier alpha value is -3.48. The Morgan fingerprint density at radius 1 is 1.04 bits per heavy atom. The lowest BCUT2D eigenvalue weighted by atomic mass is 9.99. The van der Waals surface area contributed by atoms with Gasteiger partial charge in [-0.05, 0) is 28.8 Å². The van der Waals surface area contributed by atoms with Crippen LogP contribution >= 0.6 is 0 Å². The minimum absolute atomic E-state index is 0.245. The number of carbonyl (C=O) groups excluding carboxylic acids is 1. The predicted octanol–water partition coefficient (Wildman–Crippen LogP) is 2.06. The molecule has 4 aromatic rings. The molecule has 3 heterocycles. The van der Waals surface area contributed by atoms with E-state index in [0.717, 1.165) is 39.6 Å². The molecule has 4 rings (SSSR count). The molecule has 0 saturated heterocycles. The Labute approximate surface area is 150 Å². The highest BCUT2D eigenvalue weighted by atomic mass is 16.1. The van der Waals surface area contributed by atoms with Crippen LogP contribution in [-0.4, -0.2) is 30.5 Å². The van der Waals surface area contributed by atoms with Gasteiger partial charge in [-0.2, -0.15) is 10.2 Å². The summed E-state index contributed by atoms with van der Waals surface area (Å²) in [5.41, 5.74) is 10.5. The van der Waals surface area contributed by atoms with Gasteiger partial charge in [0, 0.05) is 43.9 Å². The molecule has 3 aromatic heterocycles. The summed E-state index contributed by atoms with van der Waals surface area (Å²) < 4.78 is 3.50. The summed E-state index contributed by atoms with van der Waals surface area (Å²) in [4.78, 5) is 16.2. The fourth-order valence-electron chi connectivity index (χ4n) is 3.11. The highest BCUT2D eigenvalue weighted by Crippen LogP contribution is 2.29. The number of aryl methyl sites for hydroxylation is 2. The molecule has 0 spiro atoms. The van der Waals surface area contributed by atoms with Crippen molar-refractivity contribution in [2.24, 2.45) is 19.8 Å². The van der Waals surface area contributed by atoms with Gasteiger partial charge in [-0.1, -0.05) is 12.1 Å². The van der Waals surface area contributed by atoms with Crippen LogP contribution in [-0.2, 0) is 20.5 Å². The summed E-state index contributed by atoms with van der Waals surface area (Å²) in [7, 11) is 3.75. The number of rotatable bonds is 4. The Balaban J connectivity index is 1.85. The third-order valence-corrected chi connectivity index (χ3v) is 4.31. The monoisotopic (exact) mass is 346 g/mol. The van der Waals surface area contributed by atoms with Crippen LogP contribution in [0.1, 0.15) is 21.6 Å². The Kier molecular flexibility index (Phi) is 3.76. The van der Waals surface area contributed by atoms with E-state index in [1.54, 1.807) is 21.6 Å². The van der Waals surface area contributed by atoms with Crippen LogP contribution in [0.15, 0.2) is 49.1 Å². The predicted molar refractivity (Wildman–Crippen MR) is 98.5 cm³/mol. The van der Waals surface area contributed by atoms with Crippen molar-refractivity contribution < 1.29 is 4.79 Å². The van der Waals surface area contributed by atoms with Gasteiger partial charge >= 0.3 is 0 Å². The van der Waals surface area contributed by atoms with Crippen molar-refractivity contribution in [1.29, 1.82) is 0 Å². The molecule has 0 aliphatic rings. The number of aromatic nitrogens is 5. The molecule has 0 fully saturated rings. The smallest absolute Gasteiger partial charge is 0.267 e. The van der Waals surface area contributed by atoms with Gasteiger partial charge in [-0.15, -0.1) is 0 Å². The third-order valence-electron chi connectivity index (χ3n) is 4.31. The lowest BCUT2D eigenvalue weighted by molar-refractivity contribution is 0.0996. The van der Waals surface area contributed by atoms with Gasteiger partial charge in [0.05, 0.1) is 17.9 Å². The largest absolute Gasteiger partial charge is 0.364 e. The van der Waals surface area contributed by atoms with Crippen LogP contribution in [0.5, 0.6) is 0 Å². The second-order valence-electron chi connectivity index (χ2n) is 6.37. The molecular weight excluding hydrogens is 328 g/mol. The number of fused-ring (bicyclic) bond motifs is 1. The molecule has 7 nitrogen and oxygen atoms in total. The number of hydrogen-bond donors (Lipinski definition) is 1. The first-order valence-electron chi connectivity index (χ1n) is 8.19. The average Bonchev–Trinajstić information content (AvgIpc) is 3.22. The molecule has 1 aromatic carbocycles. The summed E-state index contributed by atoms with van der Waals surface area (Å²) in [6, 6.07) is 7.82. The highest BCUT2D eigenvalue weighted by molar-refractivity contribution is 6.00. The van der Waals surface area contributed by atoms with Crippen molar-refractivity contribution >= 4 is 16.8 Å². The molecule has 1 amide bonds. The molecule has 0 aliphatic heterocycles. The number of carbonyl (C=O) groups is 1. The van der Waals surface area contributed by atoms with Gasteiger partial charge < -0.3 is 5.73 Å². The molecule has 130 valence electrons. The maximum atomic E-state index is 11.7. The van der Waals surface area contributed by atoms with Gasteiger partial charge in [0.15, 0.2) is 0 Å². The van der Waals surface area contributed by atoms with E-state index in [-0.39, 0.29) is 5.69 Å². The quantitative estimate of drug-likeness (QED) is 0.612. The summed E-state index contributed by atoms with van der Waals surface area (Å²) in [6.07, 6.45) is 8.25. The molecule has 0 atom stereocenters. The molecule has 0 saturated carbocycles. The SMILES string of the molecule is Cn1cc(Cc2ccc3c(-c4cnn(C)c4)cc(C(N)=O)nc3c2)cn1. The number of nitrogens with zero attached hydrogens (tertiary/aromatic N) is 5. The zero-order valence-corrected chi connectivity index (χ0v) is 14.5. The molecule has 26 heavy (non-hydrogen) atoms. The molecule has 7 heteroatoms. The third kappa shape index (κ3) is 2.95. The number of pyridine rings is 1. The number of amides is 1. The van der Waals surface area contributed by atoms with Crippen LogP contribution < -0.4 is 5.73 Å². The van der Waals surface area contributed by atoms with Crippen molar-refractivity contribution in [3.8, 4) is 11.1 Å². The number of hydrogen-bond acceptors (Lipinski definition) is 4. The maximum Gasteiger partial charge on any atom is 0.267 e. The van der Waals surface area contributed by atoms with E-state index in [9.17, 15) is 4.79 Å². The molecule has 0 unspecified atom stereocenters. The van der Waals surface area contributed by atoms with Crippen molar-refractivity contribution in [1.82, 2.24) is 24.5 Å². The van der Waals surface area contributed by atoms with Gasteiger partial charge in [0.2, 0.25) is 0 Å². The van der Waals surface area contributed by atoms with Crippen LogP contribution in [0, 0.1) is 0 Å². The van der Waals surface area contributed by atoms with E-state index in [2.05, 4.69) is 21.2 Å². The molecule has 0 radical (unpaired) electrons. The van der Waals surface area contributed by atoms with Crippen molar-refractivity contribution in [3.63, 3.8) is 0 Å². The Bertz CT molecular complexity index is 1120. The van der Waals surface area contributed by atoms with Gasteiger partial charge in [0.1, 0.15) is 5.69 Å². The van der Waals surface area contributed by atoms with Crippen molar-refractivity contribution in [2.75, 3.05) is 0 Å². The average molecular weight is 346 g/mol. The number of nitrogens with two attached hydrogens (primary N) is 1. The van der Waals surface area contributed by atoms with E-state index >= 15 is 0 Å². The van der Waals surface area contributed by atoms with E-state index < -0.39 is 5.91 Å². The summed E-state index contributed by atoms with van der Waals surface area (Å²) >= 11 is 0.